The lowest BCUT2D eigenvalue weighted by Crippen LogP contribution is -2.55. The van der Waals surface area contributed by atoms with Crippen molar-refractivity contribution >= 4 is 40.4 Å². The van der Waals surface area contributed by atoms with Crippen molar-refractivity contribution in [3.63, 3.8) is 0 Å². The van der Waals surface area contributed by atoms with E-state index in [9.17, 15) is 10.1 Å². The predicted molar refractivity (Wildman–Crippen MR) is 156 cm³/mol. The van der Waals surface area contributed by atoms with Gasteiger partial charge in [0.2, 0.25) is 5.95 Å². The minimum absolute atomic E-state index is 0.0837. The molecular weight excluding hydrogens is 538 g/mol. The van der Waals surface area contributed by atoms with Crippen LogP contribution in [0.15, 0.2) is 58.8 Å². The second kappa shape index (κ2) is 10.5. The Balaban J connectivity index is 1.21. The van der Waals surface area contributed by atoms with Gasteiger partial charge in [-0.15, -0.1) is 0 Å². The number of benzene rings is 1. The summed E-state index contributed by atoms with van der Waals surface area (Å²) in [6.45, 7) is 9.80. The number of nitrogens with zero attached hydrogens (tertiary/aromatic N) is 6. The molecule has 2 fully saturated rings. The van der Waals surface area contributed by atoms with Crippen LogP contribution in [0.5, 0.6) is 0 Å². The third kappa shape index (κ3) is 5.29. The molecule has 0 unspecified atom stereocenters. The Bertz CT molecular complexity index is 1650. The fourth-order valence-corrected chi connectivity index (χ4v) is 6.88. The van der Waals surface area contributed by atoms with Crippen LogP contribution in [0.25, 0.3) is 16.6 Å². The number of pyridine rings is 1. The van der Waals surface area contributed by atoms with Crippen LogP contribution in [-0.4, -0.2) is 62.9 Å². The Labute approximate surface area is 243 Å². The topological polar surface area (TPSA) is 118 Å². The Hall–Kier alpha value is -3.88. The van der Waals surface area contributed by atoms with E-state index in [-0.39, 0.29) is 17.6 Å². The van der Waals surface area contributed by atoms with Gasteiger partial charge in [-0.3, -0.25) is 9.38 Å². The Morgan fingerprint density at radius 3 is 2.73 bits per heavy atom. The van der Waals surface area contributed by atoms with Crippen LogP contribution < -0.4 is 10.2 Å². The number of rotatable bonds is 4. The SMILES string of the molecule is C[C@@H]1OCC2(CCN(c3ncc(Sc4ccnc5cc(C#N)ccc45)c4nccn34)CC2)[C@@H]1NC(=O)OC(C)(C)C. The van der Waals surface area contributed by atoms with Gasteiger partial charge in [0.05, 0.1) is 40.8 Å². The van der Waals surface area contributed by atoms with E-state index in [0.29, 0.717) is 12.2 Å². The summed E-state index contributed by atoms with van der Waals surface area (Å²) in [5.41, 5.74) is 1.50. The lowest BCUT2D eigenvalue weighted by molar-refractivity contribution is 0.0434. The van der Waals surface area contributed by atoms with Crippen molar-refractivity contribution in [1.29, 1.82) is 5.26 Å². The Kier molecular flexibility index (Phi) is 6.99. The third-order valence-corrected chi connectivity index (χ3v) is 8.99. The second-order valence-electron chi connectivity index (χ2n) is 11.8. The van der Waals surface area contributed by atoms with E-state index in [0.717, 1.165) is 58.2 Å². The molecule has 0 radical (unpaired) electrons. The predicted octanol–water partition coefficient (Wildman–Crippen LogP) is 5.20. The van der Waals surface area contributed by atoms with Gasteiger partial charge in [-0.05, 0) is 58.7 Å². The number of ether oxygens (including phenoxy) is 2. The third-order valence-electron chi connectivity index (χ3n) is 7.90. The molecule has 1 N–H and O–H groups in total. The number of fused-ring (bicyclic) bond motifs is 2. The number of anilines is 1. The first kappa shape index (κ1) is 27.3. The summed E-state index contributed by atoms with van der Waals surface area (Å²) in [6, 6.07) is 9.60. The number of imidazole rings is 1. The fraction of sp³-hybridized carbons (Fsp3) is 0.433. The molecule has 2 aliphatic heterocycles. The molecule has 2 aliphatic rings. The summed E-state index contributed by atoms with van der Waals surface area (Å²) in [6.07, 6.45) is 8.63. The molecule has 0 saturated carbocycles. The molecule has 41 heavy (non-hydrogen) atoms. The van der Waals surface area contributed by atoms with Crippen LogP contribution in [0.2, 0.25) is 0 Å². The zero-order valence-corrected chi connectivity index (χ0v) is 24.4. The molecule has 2 atom stereocenters. The van der Waals surface area contributed by atoms with Gasteiger partial charge in [0.15, 0.2) is 5.65 Å². The van der Waals surface area contributed by atoms with Crippen molar-refractivity contribution in [2.24, 2.45) is 5.41 Å². The van der Waals surface area contributed by atoms with Crippen molar-refractivity contribution in [3.05, 3.63) is 54.6 Å². The highest BCUT2D eigenvalue weighted by Crippen LogP contribution is 2.43. The maximum Gasteiger partial charge on any atom is 0.407 e. The van der Waals surface area contributed by atoms with Gasteiger partial charge in [0, 0.05) is 53.6 Å². The monoisotopic (exact) mass is 571 g/mol. The standard InChI is InChI=1S/C30H33N7O3S/c1-19-25(35-28(38)40-29(2,3)4)30(18-39-19)8-12-36(13-9-30)27-34-17-24(26-33-11-14-37(26)27)41-23-7-10-32-22-15-20(16-31)5-6-21(22)23/h5-7,10-11,14-15,17,19,25H,8-9,12-13,18H2,1-4H3,(H,35,38)/t19-,25+/m0/s1. The minimum Gasteiger partial charge on any atom is -0.444 e. The molecule has 11 heteroatoms. The van der Waals surface area contributed by atoms with E-state index in [2.05, 4.69) is 26.3 Å². The van der Waals surface area contributed by atoms with Gasteiger partial charge in [0.25, 0.3) is 0 Å². The molecule has 1 aromatic carbocycles. The molecule has 10 nitrogen and oxygen atoms in total. The van der Waals surface area contributed by atoms with Crippen molar-refractivity contribution < 1.29 is 14.3 Å². The summed E-state index contributed by atoms with van der Waals surface area (Å²) in [5, 5.41) is 13.3. The highest BCUT2D eigenvalue weighted by Gasteiger charge is 2.50. The van der Waals surface area contributed by atoms with Crippen molar-refractivity contribution in [2.45, 2.75) is 68.1 Å². The number of hydrogen-bond donors (Lipinski definition) is 1. The molecular formula is C30H33N7O3S. The summed E-state index contributed by atoms with van der Waals surface area (Å²) >= 11 is 1.59. The lowest BCUT2D eigenvalue weighted by atomic mass is 9.73. The maximum atomic E-state index is 12.6. The molecule has 0 aliphatic carbocycles. The zero-order chi connectivity index (χ0) is 28.8. The van der Waals surface area contributed by atoms with Crippen LogP contribution in [0.4, 0.5) is 10.7 Å². The second-order valence-corrected chi connectivity index (χ2v) is 12.9. The maximum absolute atomic E-state index is 12.6. The molecule has 5 heterocycles. The van der Waals surface area contributed by atoms with Gasteiger partial charge in [-0.2, -0.15) is 5.26 Å². The number of nitriles is 1. The number of hydrogen-bond acceptors (Lipinski definition) is 9. The average Bonchev–Trinajstić information content (AvgIpc) is 3.55. The van der Waals surface area contributed by atoms with Crippen LogP contribution in [-0.2, 0) is 9.47 Å². The van der Waals surface area contributed by atoms with Crippen molar-refractivity contribution in [1.82, 2.24) is 24.7 Å². The summed E-state index contributed by atoms with van der Waals surface area (Å²) < 4.78 is 13.6. The first-order chi connectivity index (χ1) is 19.7. The number of piperidine rings is 1. The van der Waals surface area contributed by atoms with Gasteiger partial charge >= 0.3 is 6.09 Å². The van der Waals surface area contributed by atoms with E-state index in [4.69, 9.17) is 14.5 Å². The van der Waals surface area contributed by atoms with E-state index < -0.39 is 11.7 Å². The average molecular weight is 572 g/mol. The number of aromatic nitrogens is 4. The molecule has 1 amide bonds. The molecule has 212 valence electrons. The van der Waals surface area contributed by atoms with E-state index in [1.807, 2.05) is 62.7 Å². The van der Waals surface area contributed by atoms with Crippen molar-refractivity contribution in [3.8, 4) is 6.07 Å². The highest BCUT2D eigenvalue weighted by molar-refractivity contribution is 7.99. The summed E-state index contributed by atoms with van der Waals surface area (Å²) in [5.74, 6) is 0.846. The zero-order valence-electron chi connectivity index (χ0n) is 23.6. The lowest BCUT2D eigenvalue weighted by Gasteiger charge is -2.43. The highest BCUT2D eigenvalue weighted by atomic mass is 32.2. The molecule has 0 bridgehead atoms. The largest absolute Gasteiger partial charge is 0.444 e. The van der Waals surface area contributed by atoms with E-state index in [1.54, 1.807) is 30.2 Å². The smallest absolute Gasteiger partial charge is 0.407 e. The normalized spacial score (nSPS) is 20.4. The quantitative estimate of drug-likeness (QED) is 0.353. The van der Waals surface area contributed by atoms with Gasteiger partial charge in [-0.25, -0.2) is 14.8 Å². The minimum atomic E-state index is -0.555. The van der Waals surface area contributed by atoms with Gasteiger partial charge in [0.1, 0.15) is 5.60 Å². The van der Waals surface area contributed by atoms with E-state index >= 15 is 0 Å². The van der Waals surface area contributed by atoms with Crippen LogP contribution in [0.3, 0.4) is 0 Å². The summed E-state index contributed by atoms with van der Waals surface area (Å²) in [7, 11) is 0. The first-order valence-corrected chi connectivity index (χ1v) is 14.6. The molecule has 3 aromatic heterocycles. The van der Waals surface area contributed by atoms with Crippen LogP contribution in [0, 0.1) is 16.7 Å². The fourth-order valence-electron chi connectivity index (χ4n) is 5.88. The molecule has 4 aromatic rings. The summed E-state index contributed by atoms with van der Waals surface area (Å²) in [4.78, 5) is 30.9. The van der Waals surface area contributed by atoms with E-state index in [1.165, 1.54) is 0 Å². The number of nitrogens with one attached hydrogen (secondary N) is 1. The van der Waals surface area contributed by atoms with Crippen LogP contribution in [0.1, 0.15) is 46.1 Å². The molecule has 2 saturated heterocycles. The molecule has 1 spiro atoms. The Morgan fingerprint density at radius 2 is 1.98 bits per heavy atom. The van der Waals surface area contributed by atoms with Crippen molar-refractivity contribution in [2.75, 3.05) is 24.6 Å². The van der Waals surface area contributed by atoms with Gasteiger partial charge in [-0.1, -0.05) is 17.8 Å². The number of alkyl carbamates (subject to hydrolysis) is 1. The number of amides is 1. The Morgan fingerprint density at radius 1 is 1.17 bits per heavy atom. The van der Waals surface area contributed by atoms with Gasteiger partial charge < -0.3 is 19.7 Å². The number of carbonyl (C=O) groups is 1. The molecule has 6 rings (SSSR count). The number of carbonyl (C=O) groups excluding carboxylic acids is 1. The first-order valence-electron chi connectivity index (χ1n) is 13.8. The van der Waals surface area contributed by atoms with Crippen LogP contribution >= 0.6 is 11.8 Å².